The van der Waals surface area contributed by atoms with Crippen molar-refractivity contribution in [1.29, 1.82) is 0 Å². The van der Waals surface area contributed by atoms with Gasteiger partial charge in [-0.05, 0) is 30.9 Å². The first kappa shape index (κ1) is 19.6. The Bertz CT molecular complexity index is 984. The van der Waals surface area contributed by atoms with Crippen LogP contribution in [0.25, 0.3) is 11.4 Å². The molecule has 4 rings (SSSR count). The van der Waals surface area contributed by atoms with Gasteiger partial charge in [-0.3, -0.25) is 9.89 Å². The molecule has 150 valence electrons. The van der Waals surface area contributed by atoms with Crippen LogP contribution in [0.1, 0.15) is 30.9 Å². The largest absolute Gasteiger partial charge is 0.335 e. The summed E-state index contributed by atoms with van der Waals surface area (Å²) >= 11 is 1.30. The zero-order chi connectivity index (χ0) is 20.2. The van der Waals surface area contributed by atoms with Gasteiger partial charge in [0.1, 0.15) is 5.82 Å². The SMILES string of the molecule is CCc1ccc(-c2nc(SCC(=O)N(Cc3ccccc3F)C3CC3)n[nH]2)cc1. The molecule has 1 aliphatic rings. The Morgan fingerprint density at radius 2 is 1.97 bits per heavy atom. The molecule has 2 aromatic carbocycles. The third-order valence-electron chi connectivity index (χ3n) is 5.03. The normalized spacial score (nSPS) is 13.4. The minimum Gasteiger partial charge on any atom is -0.335 e. The molecular weight excluding hydrogens is 387 g/mol. The van der Waals surface area contributed by atoms with Crippen molar-refractivity contribution >= 4 is 17.7 Å². The summed E-state index contributed by atoms with van der Waals surface area (Å²) in [6.45, 7) is 2.42. The van der Waals surface area contributed by atoms with Crippen molar-refractivity contribution in [3.8, 4) is 11.4 Å². The number of aromatic amines is 1. The lowest BCUT2D eigenvalue weighted by atomic mass is 10.1. The van der Waals surface area contributed by atoms with Gasteiger partial charge in [0, 0.05) is 23.7 Å². The van der Waals surface area contributed by atoms with Gasteiger partial charge in [0.15, 0.2) is 5.82 Å². The van der Waals surface area contributed by atoms with Crippen LogP contribution in [0.3, 0.4) is 0 Å². The van der Waals surface area contributed by atoms with Crippen molar-refractivity contribution in [2.24, 2.45) is 0 Å². The number of aromatic nitrogens is 3. The van der Waals surface area contributed by atoms with E-state index in [1.54, 1.807) is 23.1 Å². The molecule has 1 aromatic heterocycles. The predicted octanol–water partition coefficient (Wildman–Crippen LogP) is 4.46. The van der Waals surface area contributed by atoms with Gasteiger partial charge in [0.05, 0.1) is 5.75 Å². The number of H-pyrrole nitrogens is 1. The van der Waals surface area contributed by atoms with Crippen LogP contribution >= 0.6 is 11.8 Å². The van der Waals surface area contributed by atoms with Crippen molar-refractivity contribution < 1.29 is 9.18 Å². The van der Waals surface area contributed by atoms with Crippen molar-refractivity contribution in [3.63, 3.8) is 0 Å². The van der Waals surface area contributed by atoms with E-state index in [-0.39, 0.29) is 23.5 Å². The van der Waals surface area contributed by atoms with Gasteiger partial charge in [0.2, 0.25) is 11.1 Å². The van der Waals surface area contributed by atoms with E-state index >= 15 is 0 Å². The number of aryl methyl sites for hydroxylation is 1. The molecule has 0 aliphatic heterocycles. The number of hydrogen-bond donors (Lipinski definition) is 1. The van der Waals surface area contributed by atoms with E-state index < -0.39 is 0 Å². The predicted molar refractivity (Wildman–Crippen MR) is 112 cm³/mol. The highest BCUT2D eigenvalue weighted by Crippen LogP contribution is 2.30. The minimum absolute atomic E-state index is 0.0144. The number of amides is 1. The molecule has 1 N–H and O–H groups in total. The van der Waals surface area contributed by atoms with Gasteiger partial charge in [0.25, 0.3) is 0 Å². The molecule has 0 saturated heterocycles. The van der Waals surface area contributed by atoms with E-state index in [1.807, 2.05) is 12.1 Å². The van der Waals surface area contributed by atoms with Crippen molar-refractivity contribution in [2.45, 2.75) is 43.9 Å². The Kier molecular flexibility index (Phi) is 5.94. The summed E-state index contributed by atoms with van der Waals surface area (Å²) in [5.41, 5.74) is 2.78. The van der Waals surface area contributed by atoms with Gasteiger partial charge in [-0.1, -0.05) is 61.2 Å². The van der Waals surface area contributed by atoms with Gasteiger partial charge in [-0.2, -0.15) is 0 Å². The first-order chi connectivity index (χ1) is 14.1. The number of nitrogens with one attached hydrogen (secondary N) is 1. The smallest absolute Gasteiger partial charge is 0.233 e. The molecule has 0 radical (unpaired) electrons. The molecule has 0 unspecified atom stereocenters. The lowest BCUT2D eigenvalue weighted by molar-refractivity contribution is -0.129. The van der Waals surface area contributed by atoms with Gasteiger partial charge < -0.3 is 4.90 Å². The Balaban J connectivity index is 1.38. The third-order valence-corrected chi connectivity index (χ3v) is 5.86. The molecule has 29 heavy (non-hydrogen) atoms. The second kappa shape index (κ2) is 8.78. The number of benzene rings is 2. The summed E-state index contributed by atoms with van der Waals surface area (Å²) in [7, 11) is 0. The Morgan fingerprint density at radius 3 is 2.66 bits per heavy atom. The highest BCUT2D eigenvalue weighted by Gasteiger charge is 2.33. The molecule has 1 aliphatic carbocycles. The van der Waals surface area contributed by atoms with Crippen LogP contribution < -0.4 is 0 Å². The summed E-state index contributed by atoms with van der Waals surface area (Å²) in [6.07, 6.45) is 2.94. The van der Waals surface area contributed by atoms with Crippen molar-refractivity contribution in [1.82, 2.24) is 20.1 Å². The molecule has 1 heterocycles. The third kappa shape index (κ3) is 4.85. The van der Waals surface area contributed by atoms with Gasteiger partial charge in [-0.25, -0.2) is 9.37 Å². The average molecular weight is 411 g/mol. The number of carbonyl (C=O) groups is 1. The maximum absolute atomic E-state index is 14.0. The molecule has 1 saturated carbocycles. The Morgan fingerprint density at radius 1 is 1.21 bits per heavy atom. The number of hydrogen-bond acceptors (Lipinski definition) is 4. The first-order valence-corrected chi connectivity index (χ1v) is 10.8. The zero-order valence-corrected chi connectivity index (χ0v) is 17.1. The van der Waals surface area contributed by atoms with Crippen LogP contribution in [0.5, 0.6) is 0 Å². The lowest BCUT2D eigenvalue weighted by Crippen LogP contribution is -2.34. The molecular formula is C22H23FN4OS. The fraction of sp³-hybridized carbons (Fsp3) is 0.318. The summed E-state index contributed by atoms with van der Waals surface area (Å²) in [5, 5.41) is 7.70. The monoisotopic (exact) mass is 410 g/mol. The second-order valence-corrected chi connectivity index (χ2v) is 8.09. The van der Waals surface area contributed by atoms with Gasteiger partial charge >= 0.3 is 0 Å². The fourth-order valence-corrected chi connectivity index (χ4v) is 3.85. The van der Waals surface area contributed by atoms with Gasteiger partial charge in [-0.15, -0.1) is 5.10 Å². The summed E-state index contributed by atoms with van der Waals surface area (Å²) < 4.78 is 14.0. The molecule has 0 spiro atoms. The molecule has 0 atom stereocenters. The van der Waals surface area contributed by atoms with Crippen molar-refractivity contribution in [2.75, 3.05) is 5.75 Å². The quantitative estimate of drug-likeness (QED) is 0.557. The number of rotatable bonds is 8. The van der Waals surface area contributed by atoms with Crippen LogP contribution in [0.4, 0.5) is 4.39 Å². The number of carbonyl (C=O) groups excluding carboxylic acids is 1. The fourth-order valence-electron chi connectivity index (χ4n) is 3.16. The van der Waals surface area contributed by atoms with E-state index in [0.29, 0.717) is 23.1 Å². The van der Waals surface area contributed by atoms with E-state index in [1.165, 1.54) is 23.4 Å². The average Bonchev–Trinajstić information content (AvgIpc) is 3.48. The molecule has 7 heteroatoms. The molecule has 3 aromatic rings. The zero-order valence-electron chi connectivity index (χ0n) is 16.3. The summed E-state index contributed by atoms with van der Waals surface area (Å²) in [6, 6.07) is 15.0. The van der Waals surface area contributed by atoms with E-state index in [4.69, 9.17) is 0 Å². The molecule has 0 bridgehead atoms. The Hall–Kier alpha value is -2.67. The summed E-state index contributed by atoms with van der Waals surface area (Å²) in [4.78, 5) is 19.0. The maximum atomic E-state index is 14.0. The molecule has 1 fully saturated rings. The van der Waals surface area contributed by atoms with Crippen molar-refractivity contribution in [3.05, 3.63) is 65.5 Å². The van der Waals surface area contributed by atoms with Crippen LogP contribution in [-0.2, 0) is 17.8 Å². The number of thioether (sulfide) groups is 1. The summed E-state index contributed by atoms with van der Waals surface area (Å²) in [5.74, 6) is 0.635. The van der Waals surface area contributed by atoms with Crippen LogP contribution in [0.2, 0.25) is 0 Å². The molecule has 5 nitrogen and oxygen atoms in total. The topological polar surface area (TPSA) is 61.9 Å². The number of nitrogens with zero attached hydrogens (tertiary/aromatic N) is 3. The second-order valence-electron chi connectivity index (χ2n) is 7.15. The van der Waals surface area contributed by atoms with E-state index in [2.05, 4.69) is 34.2 Å². The first-order valence-electron chi connectivity index (χ1n) is 9.81. The maximum Gasteiger partial charge on any atom is 0.233 e. The molecule has 1 amide bonds. The Labute approximate surface area is 173 Å². The van der Waals surface area contributed by atoms with Crippen LogP contribution in [0, 0.1) is 5.82 Å². The standard InChI is InChI=1S/C22H23FN4OS/c1-2-15-7-9-16(10-8-15)21-24-22(26-25-21)29-14-20(28)27(18-11-12-18)13-17-5-3-4-6-19(17)23/h3-10,18H,2,11-14H2,1H3,(H,24,25,26). The number of halogens is 1. The minimum atomic E-state index is -0.272. The van der Waals surface area contributed by atoms with Crippen LogP contribution in [-0.4, -0.2) is 37.8 Å². The lowest BCUT2D eigenvalue weighted by Gasteiger charge is -2.22. The van der Waals surface area contributed by atoms with Crippen LogP contribution in [0.15, 0.2) is 53.7 Å². The van der Waals surface area contributed by atoms with E-state index in [0.717, 1.165) is 24.8 Å². The van der Waals surface area contributed by atoms with E-state index in [9.17, 15) is 9.18 Å². The highest BCUT2D eigenvalue weighted by atomic mass is 32.2. The highest BCUT2D eigenvalue weighted by molar-refractivity contribution is 7.99.